The molecule has 3 rings (SSSR count). The van der Waals surface area contributed by atoms with Crippen molar-refractivity contribution in [3.63, 3.8) is 0 Å². The maximum absolute atomic E-state index is 12.0. The van der Waals surface area contributed by atoms with Crippen molar-refractivity contribution < 1.29 is 4.52 Å². The molecular formula is C16H16N4O2. The number of aromatic nitrogens is 4. The minimum Gasteiger partial charge on any atom is -0.295 e. The average Bonchev–Trinajstić information content (AvgIpc) is 2.85. The fourth-order valence-electron chi connectivity index (χ4n) is 2.62. The van der Waals surface area contributed by atoms with Crippen LogP contribution in [0, 0.1) is 20.8 Å². The van der Waals surface area contributed by atoms with Gasteiger partial charge in [0, 0.05) is 12.4 Å². The van der Waals surface area contributed by atoms with Gasteiger partial charge in [-0.2, -0.15) is 0 Å². The molecule has 22 heavy (non-hydrogen) atoms. The predicted molar refractivity (Wildman–Crippen MR) is 81.5 cm³/mol. The van der Waals surface area contributed by atoms with Gasteiger partial charge in [-0.25, -0.2) is 9.78 Å². The van der Waals surface area contributed by atoms with E-state index < -0.39 is 5.76 Å². The smallest absolute Gasteiger partial charge is 0.295 e. The first-order valence-electron chi connectivity index (χ1n) is 6.96. The Kier molecular flexibility index (Phi) is 3.58. The molecule has 1 aromatic carbocycles. The van der Waals surface area contributed by atoms with Gasteiger partial charge < -0.3 is 0 Å². The number of aryl methyl sites for hydroxylation is 3. The summed E-state index contributed by atoms with van der Waals surface area (Å²) in [5.74, 6) is -0.113. The van der Waals surface area contributed by atoms with E-state index in [1.54, 1.807) is 18.6 Å². The lowest BCUT2D eigenvalue weighted by molar-refractivity contribution is 0.378. The van der Waals surface area contributed by atoms with Crippen LogP contribution in [0.3, 0.4) is 0 Å². The van der Waals surface area contributed by atoms with Crippen molar-refractivity contribution in [2.45, 2.75) is 27.3 Å². The summed E-state index contributed by atoms with van der Waals surface area (Å²) in [7, 11) is 0. The molecule has 0 spiro atoms. The Labute approximate surface area is 127 Å². The summed E-state index contributed by atoms with van der Waals surface area (Å²) in [5, 5.41) is 3.83. The quantitative estimate of drug-likeness (QED) is 0.741. The highest BCUT2D eigenvalue weighted by molar-refractivity contribution is 5.47. The lowest BCUT2D eigenvalue weighted by Crippen LogP contribution is -2.18. The molecule has 0 aliphatic rings. The number of benzene rings is 1. The maximum atomic E-state index is 12.0. The summed E-state index contributed by atoms with van der Waals surface area (Å²) in [5.41, 5.74) is 5.06. The van der Waals surface area contributed by atoms with Gasteiger partial charge in [-0.05, 0) is 37.5 Å². The van der Waals surface area contributed by atoms with Crippen molar-refractivity contribution in [2.75, 3.05) is 0 Å². The Balaban J connectivity index is 2.08. The fourth-order valence-corrected chi connectivity index (χ4v) is 2.62. The van der Waals surface area contributed by atoms with Gasteiger partial charge in [0.05, 0.1) is 12.7 Å². The Hall–Kier alpha value is -2.76. The Morgan fingerprint density at radius 3 is 2.50 bits per heavy atom. The van der Waals surface area contributed by atoms with Crippen molar-refractivity contribution in [2.24, 2.45) is 0 Å². The number of hydrogen-bond donors (Lipinski definition) is 0. The van der Waals surface area contributed by atoms with Crippen LogP contribution in [0.15, 0.2) is 40.0 Å². The third kappa shape index (κ3) is 2.55. The lowest BCUT2D eigenvalue weighted by Gasteiger charge is -2.12. The predicted octanol–water partition coefficient (Wildman–Crippen LogP) is 2.27. The molecule has 0 saturated carbocycles. The van der Waals surface area contributed by atoms with Gasteiger partial charge in [-0.3, -0.25) is 14.1 Å². The van der Waals surface area contributed by atoms with Gasteiger partial charge in [-0.1, -0.05) is 22.9 Å². The molecule has 0 N–H and O–H groups in total. The van der Waals surface area contributed by atoms with E-state index in [1.165, 1.54) is 10.1 Å². The van der Waals surface area contributed by atoms with Gasteiger partial charge >= 0.3 is 5.76 Å². The molecule has 6 nitrogen and oxygen atoms in total. The number of nitrogens with zero attached hydrogens (tertiary/aromatic N) is 4. The fraction of sp³-hybridized carbons (Fsp3) is 0.250. The van der Waals surface area contributed by atoms with E-state index in [9.17, 15) is 4.79 Å². The van der Waals surface area contributed by atoms with Crippen LogP contribution in [0.2, 0.25) is 0 Å². The molecule has 0 saturated heterocycles. The summed E-state index contributed by atoms with van der Waals surface area (Å²) in [6.07, 6.45) is 4.68. The van der Waals surface area contributed by atoms with Crippen molar-refractivity contribution in [1.82, 2.24) is 19.7 Å². The second-order valence-electron chi connectivity index (χ2n) is 5.33. The largest absolute Gasteiger partial charge is 0.442 e. The molecule has 0 aliphatic carbocycles. The highest BCUT2D eigenvalue weighted by atomic mass is 16.5. The van der Waals surface area contributed by atoms with Gasteiger partial charge in [-0.15, -0.1) is 0 Å². The molecule has 0 amide bonds. The average molecular weight is 296 g/mol. The first-order valence-corrected chi connectivity index (χ1v) is 6.96. The molecule has 0 bridgehead atoms. The zero-order chi connectivity index (χ0) is 15.7. The zero-order valence-electron chi connectivity index (χ0n) is 12.7. The lowest BCUT2D eigenvalue weighted by atomic mass is 10.00. The normalized spacial score (nSPS) is 10.9. The third-order valence-corrected chi connectivity index (χ3v) is 3.64. The number of hydrogen-bond acceptors (Lipinski definition) is 5. The van der Waals surface area contributed by atoms with Gasteiger partial charge in [0.15, 0.2) is 0 Å². The van der Waals surface area contributed by atoms with Gasteiger partial charge in [0.1, 0.15) is 5.69 Å². The minimum absolute atomic E-state index is 0.387. The summed E-state index contributed by atoms with van der Waals surface area (Å²) in [4.78, 5) is 20.2. The van der Waals surface area contributed by atoms with Crippen LogP contribution in [0.1, 0.15) is 22.3 Å². The first-order chi connectivity index (χ1) is 10.6. The van der Waals surface area contributed by atoms with E-state index in [0.29, 0.717) is 18.1 Å². The first kappa shape index (κ1) is 14.2. The summed E-state index contributed by atoms with van der Waals surface area (Å²) >= 11 is 0. The number of rotatable bonds is 3. The summed E-state index contributed by atoms with van der Waals surface area (Å²) in [6.45, 7) is 6.53. The van der Waals surface area contributed by atoms with Gasteiger partial charge in [0.2, 0.25) is 5.82 Å². The SMILES string of the molecule is Cc1cc(C)c(Cn2c(-c3cnccn3)noc2=O)c(C)c1. The van der Waals surface area contributed by atoms with Crippen LogP contribution in [-0.2, 0) is 6.54 Å². The molecule has 0 fully saturated rings. The second-order valence-corrected chi connectivity index (χ2v) is 5.33. The summed E-state index contributed by atoms with van der Waals surface area (Å²) < 4.78 is 6.30. The van der Waals surface area contributed by atoms with E-state index in [0.717, 1.165) is 16.7 Å². The monoisotopic (exact) mass is 296 g/mol. The maximum Gasteiger partial charge on any atom is 0.442 e. The molecule has 0 radical (unpaired) electrons. The van der Waals surface area contributed by atoms with E-state index in [4.69, 9.17) is 4.52 Å². The minimum atomic E-state index is -0.500. The van der Waals surface area contributed by atoms with Crippen LogP contribution in [0.5, 0.6) is 0 Å². The van der Waals surface area contributed by atoms with Crippen molar-refractivity contribution in [1.29, 1.82) is 0 Å². The Morgan fingerprint density at radius 1 is 1.14 bits per heavy atom. The third-order valence-electron chi connectivity index (χ3n) is 3.64. The van der Waals surface area contributed by atoms with Crippen LogP contribution in [0.25, 0.3) is 11.5 Å². The second kappa shape index (κ2) is 5.55. The van der Waals surface area contributed by atoms with Crippen LogP contribution >= 0.6 is 0 Å². The molecule has 112 valence electrons. The topological polar surface area (TPSA) is 73.8 Å². The Morgan fingerprint density at radius 2 is 1.86 bits per heavy atom. The summed E-state index contributed by atoms with van der Waals surface area (Å²) in [6, 6.07) is 4.20. The zero-order valence-corrected chi connectivity index (χ0v) is 12.7. The van der Waals surface area contributed by atoms with Crippen molar-refractivity contribution >= 4 is 0 Å². The van der Waals surface area contributed by atoms with Crippen LogP contribution in [0.4, 0.5) is 0 Å². The van der Waals surface area contributed by atoms with E-state index in [-0.39, 0.29) is 0 Å². The van der Waals surface area contributed by atoms with Crippen molar-refractivity contribution in [3.05, 3.63) is 63.5 Å². The highest BCUT2D eigenvalue weighted by Gasteiger charge is 2.16. The Bertz CT molecular complexity index is 842. The van der Waals surface area contributed by atoms with Gasteiger partial charge in [0.25, 0.3) is 0 Å². The molecule has 2 aromatic heterocycles. The molecular weight excluding hydrogens is 280 g/mol. The van der Waals surface area contributed by atoms with E-state index in [2.05, 4.69) is 34.2 Å². The van der Waals surface area contributed by atoms with Crippen LogP contribution in [-0.4, -0.2) is 19.7 Å². The molecule has 0 unspecified atom stereocenters. The molecule has 6 heteroatoms. The van der Waals surface area contributed by atoms with Crippen LogP contribution < -0.4 is 5.76 Å². The van der Waals surface area contributed by atoms with Crippen molar-refractivity contribution in [3.8, 4) is 11.5 Å². The standard InChI is InChI=1S/C16H16N4O2/c1-10-6-11(2)13(12(3)7-10)9-20-15(19-22-16(20)21)14-8-17-4-5-18-14/h4-8H,9H2,1-3H3. The highest BCUT2D eigenvalue weighted by Crippen LogP contribution is 2.19. The van der Waals surface area contributed by atoms with E-state index >= 15 is 0 Å². The molecule has 0 atom stereocenters. The van der Waals surface area contributed by atoms with E-state index in [1.807, 2.05) is 13.8 Å². The molecule has 3 aromatic rings. The molecule has 0 aliphatic heterocycles. The molecule has 2 heterocycles.